The summed E-state index contributed by atoms with van der Waals surface area (Å²) in [6.07, 6.45) is 2.53. The van der Waals surface area contributed by atoms with Crippen molar-refractivity contribution < 1.29 is 15.0 Å². The molecule has 0 bridgehead atoms. The van der Waals surface area contributed by atoms with Crippen LogP contribution in [-0.2, 0) is 21.7 Å². The molecule has 2 heterocycles. The van der Waals surface area contributed by atoms with Crippen molar-refractivity contribution >= 4 is 88.5 Å². The summed E-state index contributed by atoms with van der Waals surface area (Å²) in [6, 6.07) is 102. The average Bonchev–Trinajstić information content (AvgIpc) is 1.66. The van der Waals surface area contributed by atoms with Gasteiger partial charge in [0.2, 0.25) is 0 Å². The van der Waals surface area contributed by atoms with E-state index in [1.54, 1.807) is 28.7 Å². The Labute approximate surface area is 648 Å². The normalized spacial score (nSPS) is 12.0. The lowest BCUT2D eigenvalue weighted by molar-refractivity contribution is 0.112. The predicted molar refractivity (Wildman–Crippen MR) is 466 cm³/mol. The largest absolute Gasteiger partial charge is 0.507 e. The second kappa shape index (κ2) is 30.4. The van der Waals surface area contributed by atoms with E-state index in [0.717, 1.165) is 109 Å². The minimum atomic E-state index is -0.226. The van der Waals surface area contributed by atoms with Gasteiger partial charge in [-0.1, -0.05) is 301 Å². The number of aldehydes is 1. The van der Waals surface area contributed by atoms with Crippen LogP contribution >= 0.6 is 22.7 Å². The Balaban J connectivity index is 0.000000156. The quantitative estimate of drug-likeness (QED) is 0.0674. The Kier molecular flexibility index (Phi) is 20.6. The maximum atomic E-state index is 11.5. The maximum Gasteiger partial charge on any atom is 0.153 e. The molecule has 0 saturated carbocycles. The maximum absolute atomic E-state index is 11.5. The zero-order chi connectivity index (χ0) is 76.5. The van der Waals surface area contributed by atoms with Gasteiger partial charge in [-0.3, -0.25) is 9.79 Å². The predicted octanol–water partition coefficient (Wildman–Crippen LogP) is 27.7. The third kappa shape index (κ3) is 15.9. The molecule has 9 heteroatoms. The van der Waals surface area contributed by atoms with Gasteiger partial charge in [0.15, 0.2) is 6.29 Å². The smallest absolute Gasteiger partial charge is 0.153 e. The number of hydrogen-bond donors (Lipinski definition) is 3. The SMILES string of the molecule is CC(C)(C)c1cc(C=Nc2ccccc2-c2nc3c(-c4cccc5ccccc45)cc(-c4cccc(-c5ccccc5)c4)cc3s2)c(O)c(C(C)(C)C)c1.CC(C)(C)c1cc(C=O)c(O)c(C(C)(C)C)c1.Nc1ccccc1-c1nc2c(-c3cccc4ccccc34)cc(-c3cccc(-c4ccccc4)c3)cc2s1. The number of rotatable bonds is 11. The van der Waals surface area contributed by atoms with Gasteiger partial charge in [0.1, 0.15) is 21.5 Å². The molecule has 0 atom stereocenters. The van der Waals surface area contributed by atoms with Crippen LogP contribution in [0.15, 0.2) is 296 Å². The van der Waals surface area contributed by atoms with Crippen molar-refractivity contribution in [2.45, 2.75) is 105 Å². The fourth-order valence-corrected chi connectivity index (χ4v) is 16.2. The van der Waals surface area contributed by atoms with Crippen molar-refractivity contribution in [2.24, 2.45) is 4.99 Å². The van der Waals surface area contributed by atoms with Crippen LogP contribution in [0.3, 0.4) is 0 Å². The number of fused-ring (bicyclic) bond motifs is 4. The summed E-state index contributed by atoms with van der Waals surface area (Å²) in [6.45, 7) is 25.4. The lowest BCUT2D eigenvalue weighted by Gasteiger charge is -2.27. The van der Waals surface area contributed by atoms with E-state index in [1.165, 1.54) is 60.5 Å². The van der Waals surface area contributed by atoms with E-state index >= 15 is 0 Å². The molecule has 0 aliphatic rings. The first-order valence-electron chi connectivity index (χ1n) is 37.1. The molecule has 4 N–H and O–H groups in total. The van der Waals surface area contributed by atoms with Crippen molar-refractivity contribution in [3.05, 3.63) is 325 Å². The van der Waals surface area contributed by atoms with Gasteiger partial charge in [-0.15, -0.1) is 22.7 Å². The lowest BCUT2D eigenvalue weighted by Crippen LogP contribution is -2.17. The fraction of sp³-hybridized carbons (Fsp3) is 0.160. The van der Waals surface area contributed by atoms with E-state index in [0.29, 0.717) is 11.1 Å². The monoisotopic (exact) mass is 1460 g/mol. The molecule has 109 heavy (non-hydrogen) atoms. The average molecular weight is 1460 g/mol. The molecule has 0 aliphatic carbocycles. The molecule has 0 radical (unpaired) electrons. The summed E-state index contributed by atoms with van der Waals surface area (Å²) in [5.41, 5.74) is 30.4. The Morgan fingerprint density at radius 1 is 0.339 bits per heavy atom. The number of anilines is 1. The van der Waals surface area contributed by atoms with Crippen molar-refractivity contribution in [1.29, 1.82) is 0 Å². The molecule has 14 aromatic carbocycles. The lowest BCUT2D eigenvalue weighted by atomic mass is 9.79. The summed E-state index contributed by atoms with van der Waals surface area (Å²) in [5, 5.41) is 28.2. The number of nitrogens with two attached hydrogens (primary N) is 1. The summed E-state index contributed by atoms with van der Waals surface area (Å²) < 4.78 is 2.26. The highest BCUT2D eigenvalue weighted by molar-refractivity contribution is 7.22. The van der Waals surface area contributed by atoms with E-state index in [-0.39, 0.29) is 33.2 Å². The third-order valence-electron chi connectivity index (χ3n) is 20.2. The highest BCUT2D eigenvalue weighted by Gasteiger charge is 2.28. The fourth-order valence-electron chi connectivity index (χ4n) is 14.1. The third-order valence-corrected chi connectivity index (χ3v) is 22.2. The van der Waals surface area contributed by atoms with Gasteiger partial charge in [0, 0.05) is 50.8 Å². The van der Waals surface area contributed by atoms with E-state index in [9.17, 15) is 15.0 Å². The molecular weight excluding hydrogens is 1370 g/mol. The Bertz CT molecular complexity index is 6090. The number of para-hydroxylation sites is 2. The summed E-state index contributed by atoms with van der Waals surface area (Å²) in [4.78, 5) is 26.6. The van der Waals surface area contributed by atoms with Crippen LogP contribution in [0, 0.1) is 0 Å². The number of carbonyl (C=O) groups is 1. The van der Waals surface area contributed by atoms with Gasteiger partial charge in [0.05, 0.1) is 31.7 Å². The van der Waals surface area contributed by atoms with E-state index in [2.05, 4.69) is 305 Å². The van der Waals surface area contributed by atoms with Crippen LogP contribution in [-0.4, -0.2) is 32.7 Å². The van der Waals surface area contributed by atoms with Crippen LogP contribution < -0.4 is 5.73 Å². The van der Waals surface area contributed by atoms with Crippen LogP contribution in [0.1, 0.15) is 121 Å². The number of hydrogen-bond acceptors (Lipinski definition) is 9. The van der Waals surface area contributed by atoms with Gasteiger partial charge < -0.3 is 15.9 Å². The summed E-state index contributed by atoms with van der Waals surface area (Å²) in [7, 11) is 0. The van der Waals surface area contributed by atoms with Crippen LogP contribution in [0.25, 0.3) is 130 Å². The highest BCUT2D eigenvalue weighted by atomic mass is 32.1. The standard InChI is InChI=1S/C50H44N2OS.C35H24N2S.C15H22O2/c1-49(2,3)38-27-37(47(53)43(30-38)50(4,5)6)31-51-44-25-13-12-23-41(44)48-52-46-42(40-24-15-19-33-18-10-11-22-39(33)40)28-36(29-45(46)54-48)35-21-14-20-34(26-35)32-16-8-7-9-17-32;36-32-19-7-6-17-30(32)35-37-34-31(29-18-9-13-24-12-4-5-16-28(24)29)21-27(22-33(34)38-35)26-15-8-14-25(20-26)23-10-2-1-3-11-23;1-14(2,3)11-7-10(9-16)13(17)12(8-11)15(4,5)6/h7-31,53H,1-6H3;1-22H,36H2;7-9,17H,1-6H3. The molecule has 0 spiro atoms. The number of nitrogens with zero attached hydrogens (tertiary/aromatic N) is 3. The number of phenolic OH excluding ortho intramolecular Hbond substituents is 2. The highest BCUT2D eigenvalue weighted by Crippen LogP contribution is 2.47. The first-order chi connectivity index (χ1) is 52.2. The molecule has 0 unspecified atom stereocenters. The van der Waals surface area contributed by atoms with Crippen molar-refractivity contribution in [2.75, 3.05) is 5.73 Å². The second-order valence-corrected chi connectivity index (χ2v) is 34.2. The molecular formula is C100H90N4O3S2. The number of nitrogen functional groups attached to an aromatic ring is 1. The molecule has 0 fully saturated rings. The molecule has 2 aromatic heterocycles. The van der Waals surface area contributed by atoms with Gasteiger partial charge in [0.25, 0.3) is 0 Å². The first kappa shape index (κ1) is 74.0. The molecule has 0 saturated heterocycles. The van der Waals surface area contributed by atoms with E-state index in [4.69, 9.17) is 20.7 Å². The molecule has 7 nitrogen and oxygen atoms in total. The number of thiazole rings is 2. The van der Waals surface area contributed by atoms with Crippen molar-refractivity contribution in [3.8, 4) is 99.4 Å². The zero-order valence-corrected chi connectivity index (χ0v) is 65.5. The number of benzene rings is 14. The molecule has 16 rings (SSSR count). The van der Waals surface area contributed by atoms with Gasteiger partial charge in [-0.05, 0) is 183 Å². The zero-order valence-electron chi connectivity index (χ0n) is 63.9. The number of aromatic nitrogens is 2. The summed E-state index contributed by atoms with van der Waals surface area (Å²) >= 11 is 3.39. The van der Waals surface area contributed by atoms with E-state index < -0.39 is 0 Å². The number of aliphatic imine (C=N–C) groups is 1. The number of phenols is 2. The minimum absolute atomic E-state index is 0.0362. The van der Waals surface area contributed by atoms with Crippen LogP contribution in [0.2, 0.25) is 0 Å². The van der Waals surface area contributed by atoms with Crippen molar-refractivity contribution in [1.82, 2.24) is 9.97 Å². The van der Waals surface area contributed by atoms with Crippen LogP contribution in [0.4, 0.5) is 11.4 Å². The molecule has 0 aliphatic heterocycles. The second-order valence-electron chi connectivity index (χ2n) is 32.1. The first-order valence-corrected chi connectivity index (χ1v) is 38.8. The minimum Gasteiger partial charge on any atom is -0.507 e. The van der Waals surface area contributed by atoms with E-state index in [1.807, 2.05) is 69.5 Å². The Morgan fingerprint density at radius 3 is 1.17 bits per heavy atom. The molecule has 540 valence electrons. The van der Waals surface area contributed by atoms with Crippen LogP contribution in [0.5, 0.6) is 11.5 Å². The van der Waals surface area contributed by atoms with Gasteiger partial charge in [-0.25, -0.2) is 9.97 Å². The Morgan fingerprint density at radius 2 is 0.706 bits per heavy atom. The molecule has 16 aromatic rings. The van der Waals surface area contributed by atoms with Crippen molar-refractivity contribution in [3.63, 3.8) is 0 Å². The van der Waals surface area contributed by atoms with Gasteiger partial charge >= 0.3 is 0 Å². The molecule has 0 amide bonds. The topological polar surface area (TPSA) is 122 Å². The summed E-state index contributed by atoms with van der Waals surface area (Å²) in [5.74, 6) is 0.390. The Hall–Kier alpha value is -11.9. The number of carbonyl (C=O) groups excluding carboxylic acids is 1. The van der Waals surface area contributed by atoms with Gasteiger partial charge in [-0.2, -0.15) is 0 Å². The number of aromatic hydroxyl groups is 2.